The van der Waals surface area contributed by atoms with E-state index in [1.807, 2.05) is 0 Å². The van der Waals surface area contributed by atoms with Gasteiger partial charge in [0.1, 0.15) is 17.1 Å². The van der Waals surface area contributed by atoms with Crippen LogP contribution in [0.4, 0.5) is 11.5 Å². The van der Waals surface area contributed by atoms with E-state index in [1.165, 1.54) is 6.20 Å². The number of rotatable bonds is 3. The summed E-state index contributed by atoms with van der Waals surface area (Å²) in [6.45, 7) is 4.15. The van der Waals surface area contributed by atoms with Gasteiger partial charge in [0, 0.05) is 25.5 Å². The van der Waals surface area contributed by atoms with Gasteiger partial charge in [0.2, 0.25) is 0 Å². The van der Waals surface area contributed by atoms with Gasteiger partial charge in [-0.2, -0.15) is 10.2 Å². The molecule has 1 aliphatic rings. The Morgan fingerprint density at radius 2 is 2.35 bits per heavy atom. The normalized spacial score (nSPS) is 17.8. The Hall–Kier alpha value is -2.90. The van der Waals surface area contributed by atoms with Crippen molar-refractivity contribution in [2.45, 2.75) is 13.3 Å². The maximum atomic E-state index is 12.6. The zero-order chi connectivity index (χ0) is 15.8. The fourth-order valence-electron chi connectivity index (χ4n) is 2.93. The topological polar surface area (TPSA) is 91.2 Å². The molecule has 4 rings (SSSR count). The summed E-state index contributed by atoms with van der Waals surface area (Å²) in [7, 11) is 0. The van der Waals surface area contributed by atoms with E-state index in [-0.39, 0.29) is 5.91 Å². The van der Waals surface area contributed by atoms with Crippen LogP contribution in [-0.2, 0) is 0 Å². The summed E-state index contributed by atoms with van der Waals surface area (Å²) >= 11 is 0. The third kappa shape index (κ3) is 2.41. The van der Waals surface area contributed by atoms with Crippen molar-refractivity contribution in [3.63, 3.8) is 0 Å². The number of fused-ring (bicyclic) bond motifs is 1. The summed E-state index contributed by atoms with van der Waals surface area (Å²) in [6.07, 6.45) is 7.70. The number of aromatic amines is 1. The number of nitrogens with one attached hydrogen (secondary N) is 2. The predicted octanol–water partition coefficient (Wildman–Crippen LogP) is 1.55. The van der Waals surface area contributed by atoms with E-state index in [0.29, 0.717) is 22.8 Å². The van der Waals surface area contributed by atoms with E-state index >= 15 is 0 Å². The third-order valence-corrected chi connectivity index (χ3v) is 4.13. The number of anilines is 2. The molecule has 3 aromatic heterocycles. The van der Waals surface area contributed by atoms with Crippen LogP contribution in [-0.4, -0.2) is 43.8 Å². The number of amides is 1. The molecule has 1 fully saturated rings. The average Bonchev–Trinajstić information content (AvgIpc) is 3.25. The SMILES string of the molecule is CC1CCN(c2[nH]ncc2NC(=O)c2cnn3cccnc23)C1. The van der Waals surface area contributed by atoms with Crippen LogP contribution in [0.25, 0.3) is 5.65 Å². The van der Waals surface area contributed by atoms with Crippen molar-refractivity contribution in [1.29, 1.82) is 0 Å². The highest BCUT2D eigenvalue weighted by atomic mass is 16.1. The zero-order valence-corrected chi connectivity index (χ0v) is 12.7. The molecular formula is C15H17N7O. The van der Waals surface area contributed by atoms with E-state index in [4.69, 9.17) is 0 Å². The second-order valence-corrected chi connectivity index (χ2v) is 5.87. The van der Waals surface area contributed by atoms with Gasteiger partial charge in [0.15, 0.2) is 5.65 Å². The Kier molecular flexibility index (Phi) is 3.22. The Morgan fingerprint density at radius 3 is 3.17 bits per heavy atom. The first-order chi connectivity index (χ1) is 11.2. The van der Waals surface area contributed by atoms with Crippen LogP contribution in [0.1, 0.15) is 23.7 Å². The van der Waals surface area contributed by atoms with Gasteiger partial charge in [-0.05, 0) is 18.4 Å². The Balaban J connectivity index is 1.59. The highest BCUT2D eigenvalue weighted by molar-refractivity contribution is 6.09. The van der Waals surface area contributed by atoms with Crippen molar-refractivity contribution in [3.05, 3.63) is 36.4 Å². The zero-order valence-electron chi connectivity index (χ0n) is 12.7. The molecule has 1 saturated heterocycles. The van der Waals surface area contributed by atoms with E-state index in [0.717, 1.165) is 25.3 Å². The molecule has 1 unspecified atom stereocenters. The number of hydrogen-bond acceptors (Lipinski definition) is 5. The van der Waals surface area contributed by atoms with E-state index in [1.54, 1.807) is 29.2 Å². The molecule has 3 aromatic rings. The maximum Gasteiger partial charge on any atom is 0.261 e. The standard InChI is InChI=1S/C15H17N7O/c1-10-3-6-21(9-10)14-12(8-17-20-14)19-15(23)11-7-18-22-5-2-4-16-13(11)22/h2,4-5,7-8,10H,3,6,9H2,1H3,(H,17,20)(H,19,23). The lowest BCUT2D eigenvalue weighted by molar-refractivity contribution is 0.102. The van der Waals surface area contributed by atoms with Gasteiger partial charge in [0.25, 0.3) is 5.91 Å². The second-order valence-electron chi connectivity index (χ2n) is 5.87. The van der Waals surface area contributed by atoms with E-state index in [9.17, 15) is 4.79 Å². The summed E-state index contributed by atoms with van der Waals surface area (Å²) in [5.41, 5.74) is 1.65. The summed E-state index contributed by atoms with van der Waals surface area (Å²) in [4.78, 5) is 19.0. The van der Waals surface area contributed by atoms with Gasteiger partial charge < -0.3 is 10.2 Å². The Bertz CT molecular complexity index is 852. The molecule has 1 amide bonds. The molecule has 0 aromatic carbocycles. The molecule has 0 bridgehead atoms. The van der Waals surface area contributed by atoms with E-state index < -0.39 is 0 Å². The number of carbonyl (C=O) groups is 1. The van der Waals surface area contributed by atoms with Crippen LogP contribution >= 0.6 is 0 Å². The average molecular weight is 311 g/mol. The minimum atomic E-state index is -0.242. The van der Waals surface area contributed by atoms with Crippen LogP contribution in [0.15, 0.2) is 30.9 Å². The van der Waals surface area contributed by atoms with Gasteiger partial charge in [-0.3, -0.25) is 9.89 Å². The summed E-state index contributed by atoms with van der Waals surface area (Å²) < 4.78 is 1.58. The summed E-state index contributed by atoms with van der Waals surface area (Å²) in [6, 6.07) is 1.77. The highest BCUT2D eigenvalue weighted by Crippen LogP contribution is 2.28. The second kappa shape index (κ2) is 5.38. The lowest BCUT2D eigenvalue weighted by Gasteiger charge is -2.17. The van der Waals surface area contributed by atoms with Crippen LogP contribution in [0.2, 0.25) is 0 Å². The van der Waals surface area contributed by atoms with Crippen molar-refractivity contribution in [2.24, 2.45) is 5.92 Å². The number of carbonyl (C=O) groups excluding carboxylic acids is 1. The molecule has 0 radical (unpaired) electrons. The molecule has 0 aliphatic carbocycles. The van der Waals surface area contributed by atoms with Gasteiger partial charge >= 0.3 is 0 Å². The molecule has 0 spiro atoms. The minimum Gasteiger partial charge on any atom is -0.355 e. The molecule has 2 N–H and O–H groups in total. The van der Waals surface area contributed by atoms with Crippen molar-refractivity contribution in [2.75, 3.05) is 23.3 Å². The molecule has 118 valence electrons. The van der Waals surface area contributed by atoms with Gasteiger partial charge in [-0.15, -0.1) is 0 Å². The lowest BCUT2D eigenvalue weighted by Crippen LogP contribution is -2.22. The smallest absolute Gasteiger partial charge is 0.261 e. The van der Waals surface area contributed by atoms with Crippen molar-refractivity contribution in [3.8, 4) is 0 Å². The molecule has 0 saturated carbocycles. The first kappa shape index (κ1) is 13.7. The molecule has 8 nitrogen and oxygen atoms in total. The van der Waals surface area contributed by atoms with Crippen LogP contribution in [0.3, 0.4) is 0 Å². The predicted molar refractivity (Wildman–Crippen MR) is 85.5 cm³/mol. The Labute approximate surface area is 132 Å². The van der Waals surface area contributed by atoms with E-state index in [2.05, 4.69) is 37.4 Å². The fourth-order valence-corrected chi connectivity index (χ4v) is 2.93. The first-order valence-corrected chi connectivity index (χ1v) is 7.60. The van der Waals surface area contributed by atoms with Crippen LogP contribution < -0.4 is 10.2 Å². The molecular weight excluding hydrogens is 294 g/mol. The number of aromatic nitrogens is 5. The quantitative estimate of drug-likeness (QED) is 0.766. The Morgan fingerprint density at radius 1 is 1.43 bits per heavy atom. The number of hydrogen-bond donors (Lipinski definition) is 2. The van der Waals surface area contributed by atoms with Crippen LogP contribution in [0.5, 0.6) is 0 Å². The molecule has 4 heterocycles. The largest absolute Gasteiger partial charge is 0.355 e. The third-order valence-electron chi connectivity index (χ3n) is 4.13. The van der Waals surface area contributed by atoms with Gasteiger partial charge in [-0.25, -0.2) is 9.50 Å². The first-order valence-electron chi connectivity index (χ1n) is 7.60. The van der Waals surface area contributed by atoms with Crippen molar-refractivity contribution in [1.82, 2.24) is 24.8 Å². The van der Waals surface area contributed by atoms with Crippen molar-refractivity contribution < 1.29 is 4.79 Å². The monoisotopic (exact) mass is 311 g/mol. The fraction of sp³-hybridized carbons (Fsp3) is 0.333. The molecule has 1 aliphatic heterocycles. The molecule has 1 atom stereocenters. The number of H-pyrrole nitrogens is 1. The highest BCUT2D eigenvalue weighted by Gasteiger charge is 2.24. The maximum absolute atomic E-state index is 12.6. The van der Waals surface area contributed by atoms with Gasteiger partial charge in [0.05, 0.1) is 12.4 Å². The lowest BCUT2D eigenvalue weighted by atomic mass is 10.2. The molecule has 23 heavy (non-hydrogen) atoms. The molecule has 8 heteroatoms. The van der Waals surface area contributed by atoms with Crippen molar-refractivity contribution >= 4 is 23.1 Å². The number of nitrogens with zero attached hydrogens (tertiary/aromatic N) is 5. The van der Waals surface area contributed by atoms with Crippen LogP contribution in [0, 0.1) is 5.92 Å². The minimum absolute atomic E-state index is 0.242. The van der Waals surface area contributed by atoms with Gasteiger partial charge in [-0.1, -0.05) is 6.92 Å². The summed E-state index contributed by atoms with van der Waals surface area (Å²) in [5.74, 6) is 1.26. The summed E-state index contributed by atoms with van der Waals surface area (Å²) in [5, 5.41) is 14.1.